The molecule has 2 heterocycles. The zero-order valence-corrected chi connectivity index (χ0v) is 25.5. The van der Waals surface area contributed by atoms with Gasteiger partial charge in [-0.05, 0) is 84.3 Å². The molecule has 2 aliphatic rings. The van der Waals surface area contributed by atoms with Gasteiger partial charge in [0.1, 0.15) is 5.69 Å². The zero-order chi connectivity index (χ0) is 29.9. The maximum Gasteiger partial charge on any atom is 0.278 e. The third kappa shape index (κ3) is 7.02. The number of benzene rings is 2. The van der Waals surface area contributed by atoms with Crippen molar-refractivity contribution in [2.75, 3.05) is 37.6 Å². The minimum Gasteiger partial charge on any atom is -0.369 e. The molecule has 1 aliphatic carbocycles. The Morgan fingerprint density at radius 2 is 1.71 bits per heavy atom. The van der Waals surface area contributed by atoms with E-state index in [4.69, 9.17) is 11.6 Å². The predicted molar refractivity (Wildman–Crippen MR) is 165 cm³/mol. The first-order valence-electron chi connectivity index (χ1n) is 14.2. The number of anilines is 1. The third-order valence-electron chi connectivity index (χ3n) is 8.11. The van der Waals surface area contributed by atoms with Crippen LogP contribution in [0.5, 0.6) is 0 Å². The fraction of sp³-hybridized carbons (Fsp3) is 0.375. The van der Waals surface area contributed by atoms with E-state index in [1.807, 2.05) is 17.4 Å². The van der Waals surface area contributed by atoms with E-state index in [1.54, 1.807) is 24.3 Å². The van der Waals surface area contributed by atoms with Gasteiger partial charge >= 0.3 is 0 Å². The van der Waals surface area contributed by atoms with Crippen molar-refractivity contribution in [3.63, 3.8) is 0 Å². The van der Waals surface area contributed by atoms with Crippen LogP contribution in [0.25, 0.3) is 5.57 Å². The molecule has 0 saturated carbocycles. The first-order chi connectivity index (χ1) is 20.0. The van der Waals surface area contributed by atoms with Crippen molar-refractivity contribution in [1.29, 1.82) is 0 Å². The number of alkyl halides is 1. The number of nitrogens with zero attached hydrogens (tertiary/aromatic N) is 3. The minimum absolute atomic E-state index is 0.0605. The summed E-state index contributed by atoms with van der Waals surface area (Å²) >= 11 is 6.15. The smallest absolute Gasteiger partial charge is 0.278 e. The number of piperazine rings is 1. The first-order valence-corrected chi connectivity index (χ1v) is 16.1. The summed E-state index contributed by atoms with van der Waals surface area (Å²) in [6.45, 7) is 8.96. The monoisotopic (exact) mass is 610 g/mol. The summed E-state index contributed by atoms with van der Waals surface area (Å²) in [7, 11) is -4.42. The van der Waals surface area contributed by atoms with Crippen LogP contribution in [-0.2, 0) is 9.84 Å². The second-order valence-electron chi connectivity index (χ2n) is 11.7. The Morgan fingerprint density at radius 1 is 1.02 bits per heavy atom. The number of amides is 1. The molecule has 2 aromatic carbocycles. The normalized spacial score (nSPS) is 18.5. The van der Waals surface area contributed by atoms with Crippen LogP contribution in [0.4, 0.5) is 10.1 Å². The summed E-state index contributed by atoms with van der Waals surface area (Å²) in [5.41, 5.74) is 2.68. The Bertz CT molecular complexity index is 1540. The van der Waals surface area contributed by atoms with Crippen LogP contribution < -0.4 is 10.2 Å². The topological polar surface area (TPSA) is 82.6 Å². The summed E-state index contributed by atoms with van der Waals surface area (Å²) in [4.78, 5) is 20.5. The molecule has 1 atom stereocenters. The quantitative estimate of drug-likeness (QED) is 0.316. The average molecular weight is 611 g/mol. The Kier molecular flexibility index (Phi) is 9.01. The molecule has 1 saturated heterocycles. The van der Waals surface area contributed by atoms with E-state index in [-0.39, 0.29) is 16.0 Å². The molecule has 1 aliphatic heterocycles. The number of carbonyl (C=O) groups is 1. The Hall–Kier alpha value is -3.27. The number of hydrogen-bond donors (Lipinski definition) is 1. The number of nitrogens with one attached hydrogen (secondary N) is 1. The number of halogens is 2. The van der Waals surface area contributed by atoms with Crippen molar-refractivity contribution in [3.8, 4) is 0 Å². The summed E-state index contributed by atoms with van der Waals surface area (Å²) in [5, 5.41) is 2.63. The molecule has 1 N–H and O–H groups in total. The Morgan fingerprint density at radius 3 is 2.36 bits per heavy atom. The molecule has 1 amide bonds. The zero-order valence-electron chi connectivity index (χ0n) is 23.9. The Balaban J connectivity index is 1.20. The van der Waals surface area contributed by atoms with Crippen molar-refractivity contribution in [2.45, 2.75) is 43.6 Å². The van der Waals surface area contributed by atoms with Gasteiger partial charge < -0.3 is 10.2 Å². The fourth-order valence-corrected chi connectivity index (χ4v) is 6.76. The van der Waals surface area contributed by atoms with Gasteiger partial charge in [0.15, 0.2) is 0 Å². The number of allylic oxidation sites excluding steroid dienone is 1. The van der Waals surface area contributed by atoms with Crippen LogP contribution in [0.3, 0.4) is 0 Å². The van der Waals surface area contributed by atoms with E-state index < -0.39 is 21.4 Å². The van der Waals surface area contributed by atoms with Gasteiger partial charge in [-0.3, -0.25) is 14.7 Å². The van der Waals surface area contributed by atoms with Crippen LogP contribution in [0.2, 0.25) is 5.02 Å². The first kappa shape index (κ1) is 30.2. The van der Waals surface area contributed by atoms with Gasteiger partial charge in [0.2, 0.25) is 9.84 Å². The molecule has 3 aromatic rings. The number of pyridine rings is 1. The standard InChI is InChI=1S/C32H36ClFN4O3S/c1-32(2)15-14-24(28(21-32)23-6-8-25(33)9-7-23)22-37-17-19-38(20-18-37)26-10-12-27(13-11-26)42(40,41)31(34)36-30(39)29-5-3-4-16-35-29/h3-13,16,31H,14-15,17-22H2,1-2H3,(H,36,39). The number of aromatic nitrogens is 1. The summed E-state index contributed by atoms with van der Waals surface area (Å²) in [6.07, 6.45) is 4.67. The van der Waals surface area contributed by atoms with Crippen molar-refractivity contribution >= 4 is 38.6 Å². The maximum atomic E-state index is 14.7. The summed E-state index contributed by atoms with van der Waals surface area (Å²) < 4.78 is 40.2. The van der Waals surface area contributed by atoms with E-state index in [0.29, 0.717) is 0 Å². The number of sulfone groups is 1. The molecule has 7 nitrogen and oxygen atoms in total. The SMILES string of the molecule is CC1(C)CCC(CN2CCN(c3ccc(S(=O)(=O)C(F)NC(=O)c4ccccn4)cc3)CC2)=C(c2ccc(Cl)cc2)C1. The van der Waals surface area contributed by atoms with Gasteiger partial charge in [-0.25, -0.2) is 12.8 Å². The molecule has 42 heavy (non-hydrogen) atoms. The highest BCUT2D eigenvalue weighted by atomic mass is 35.5. The van der Waals surface area contributed by atoms with E-state index in [9.17, 15) is 17.6 Å². The summed E-state index contributed by atoms with van der Waals surface area (Å²) in [5.74, 6) is -0.894. The predicted octanol–water partition coefficient (Wildman–Crippen LogP) is 5.98. The Labute approximate surface area is 252 Å². The average Bonchev–Trinajstić information content (AvgIpc) is 2.99. The molecule has 0 radical (unpaired) electrons. The highest BCUT2D eigenvalue weighted by molar-refractivity contribution is 7.91. The number of carbonyl (C=O) groups excluding carboxylic acids is 1. The van der Waals surface area contributed by atoms with E-state index in [1.165, 1.54) is 47.5 Å². The lowest BCUT2D eigenvalue weighted by atomic mass is 9.72. The van der Waals surface area contributed by atoms with Gasteiger partial charge in [-0.1, -0.05) is 49.2 Å². The molecule has 1 unspecified atom stereocenters. The van der Waals surface area contributed by atoms with Crippen molar-refractivity contribution in [3.05, 3.63) is 94.8 Å². The van der Waals surface area contributed by atoms with Crippen molar-refractivity contribution in [2.24, 2.45) is 5.41 Å². The van der Waals surface area contributed by atoms with E-state index in [0.717, 1.165) is 56.3 Å². The molecule has 1 fully saturated rings. The maximum absolute atomic E-state index is 14.7. The lowest BCUT2D eigenvalue weighted by Gasteiger charge is -2.39. The van der Waals surface area contributed by atoms with Crippen LogP contribution in [0, 0.1) is 5.41 Å². The molecule has 0 bridgehead atoms. The van der Waals surface area contributed by atoms with Crippen LogP contribution in [0.15, 0.2) is 83.4 Å². The van der Waals surface area contributed by atoms with Crippen LogP contribution in [-0.4, -0.2) is 62.6 Å². The van der Waals surface area contributed by atoms with Gasteiger partial charge in [-0.2, -0.15) is 0 Å². The van der Waals surface area contributed by atoms with Crippen LogP contribution >= 0.6 is 11.6 Å². The van der Waals surface area contributed by atoms with Gasteiger partial charge in [0, 0.05) is 49.6 Å². The number of hydrogen-bond acceptors (Lipinski definition) is 6. The van der Waals surface area contributed by atoms with Crippen molar-refractivity contribution in [1.82, 2.24) is 15.2 Å². The van der Waals surface area contributed by atoms with E-state index >= 15 is 0 Å². The summed E-state index contributed by atoms with van der Waals surface area (Å²) in [6, 6.07) is 18.9. The van der Waals surface area contributed by atoms with Gasteiger partial charge in [0.05, 0.1) is 4.90 Å². The molecule has 222 valence electrons. The molecule has 1 aromatic heterocycles. The number of rotatable bonds is 8. The fourth-order valence-electron chi connectivity index (χ4n) is 5.62. The largest absolute Gasteiger partial charge is 0.369 e. The van der Waals surface area contributed by atoms with Crippen LogP contribution in [0.1, 0.15) is 49.2 Å². The highest BCUT2D eigenvalue weighted by Gasteiger charge is 2.31. The van der Waals surface area contributed by atoms with Crippen molar-refractivity contribution < 1.29 is 17.6 Å². The molecular weight excluding hydrogens is 575 g/mol. The molecule has 5 rings (SSSR count). The molecular formula is C32H36ClFN4O3S. The van der Waals surface area contributed by atoms with E-state index in [2.05, 4.69) is 40.8 Å². The minimum atomic E-state index is -4.42. The third-order valence-corrected chi connectivity index (χ3v) is 9.95. The molecule has 10 heteroatoms. The van der Waals surface area contributed by atoms with Gasteiger partial charge in [-0.15, -0.1) is 0 Å². The van der Waals surface area contributed by atoms with Gasteiger partial charge in [0.25, 0.3) is 11.5 Å². The second-order valence-corrected chi connectivity index (χ2v) is 14.1. The molecule has 0 spiro atoms. The second kappa shape index (κ2) is 12.5. The lowest BCUT2D eigenvalue weighted by Crippen LogP contribution is -2.47. The highest BCUT2D eigenvalue weighted by Crippen LogP contribution is 2.43. The lowest BCUT2D eigenvalue weighted by molar-refractivity contribution is 0.0919.